The number of para-hydroxylation sites is 6. The Hall–Kier alpha value is -7.62. The van der Waals surface area contributed by atoms with Gasteiger partial charge in [0.25, 0.3) is 0 Å². The zero-order chi connectivity index (χ0) is 67.9. The van der Waals surface area contributed by atoms with Gasteiger partial charge in [-0.25, -0.2) is 0 Å². The van der Waals surface area contributed by atoms with Gasteiger partial charge in [-0.05, 0) is 53.4 Å². The molecule has 57 heavy (non-hydrogen) atoms. The zero-order valence-electron chi connectivity index (χ0n) is 63.3. The number of hydrogen-bond donors (Lipinski definition) is 0. The Balaban J connectivity index is 1.49. The predicted molar refractivity (Wildman–Crippen MR) is 240 cm³/mol. The van der Waals surface area contributed by atoms with Crippen LogP contribution in [0.5, 0.6) is 0 Å². The van der Waals surface area contributed by atoms with Gasteiger partial charge < -0.3 is 13.7 Å². The molecule has 0 amide bonds. The Morgan fingerprint density at radius 3 is 1.28 bits per heavy atom. The first kappa shape index (κ1) is 12.7. The molecule has 0 aliphatic carbocycles. The molecule has 12 aromatic rings. The summed E-state index contributed by atoms with van der Waals surface area (Å²) in [7, 11) is 0. The summed E-state index contributed by atoms with van der Waals surface area (Å²) in [4.78, 5) is 0. The van der Waals surface area contributed by atoms with Crippen LogP contribution in [-0.4, -0.2) is 13.7 Å². The van der Waals surface area contributed by atoms with Gasteiger partial charge in [0.05, 0.1) is 98.1 Å². The summed E-state index contributed by atoms with van der Waals surface area (Å²) in [5, 5.41) is -4.52. The van der Waals surface area contributed by atoms with Crippen LogP contribution in [0.1, 0.15) is 48.0 Å². The van der Waals surface area contributed by atoms with Crippen molar-refractivity contribution >= 4 is 65.4 Å². The SMILES string of the molecule is [2H]c1c([2H])c([2H])c(-c2c([2H])c([2H])c([2H])c(-c3c([2H])c([2H])c([2H])c([2H])c3[2H])c2-n2c3c([2H])c([2H])c([2H])c([2H])c3c3c(-n4c5c([2H])c([2H])c([2H])c([2H])c5c5c([2H])c([2H])c([2H])c(-n6c7c([2H])c([2H])c([2H])c([2H])c7c7c([2H])c([2H])c([2H])c([2H])c76)c54)c([2H])c([2H])c([2H])c32)c([2H])c1[2H]. The standard InChI is InChI=1S/C54H35N3/c1-3-18-36(19-4-1)38-26-15-27-39(37-20-5-2-6-21-37)53(38)56-48-32-14-10-25-44(48)52-49(56)33-17-34-50(52)57-47-31-13-9-24-42(47)43-28-16-35-51(54(43)57)55-45-29-11-7-22-40(45)41-23-8-12-30-46(41)55/h1-35H/i1D,2D,3D,4D,5D,6D,7D,8D,9D,10D,11D,12D,13D,14D,15D,16D,17D,18D,19D,20D,21D,22D,23D,24D,25D,26D,27D,28D,29D,30D,31D,32D,33D,34D,35D. The molecule has 0 atom stereocenters. The summed E-state index contributed by atoms with van der Waals surface area (Å²) in [5.41, 5.74) is -12.4. The lowest BCUT2D eigenvalue weighted by Gasteiger charge is -2.19. The first-order valence-electron chi connectivity index (χ1n) is 34.3. The molecule has 266 valence electrons. The quantitative estimate of drug-likeness (QED) is 0.166. The van der Waals surface area contributed by atoms with Gasteiger partial charge >= 0.3 is 0 Å². The third-order valence-corrected chi connectivity index (χ3v) is 9.45. The minimum atomic E-state index is -1.28. The fourth-order valence-corrected chi connectivity index (χ4v) is 7.27. The van der Waals surface area contributed by atoms with E-state index < -0.39 is 316 Å². The monoisotopic (exact) mass is 761 g/mol. The molecule has 3 nitrogen and oxygen atoms in total. The molecule has 3 heterocycles. The van der Waals surface area contributed by atoms with E-state index >= 15 is 0 Å². The molecule has 3 heteroatoms. The van der Waals surface area contributed by atoms with Crippen molar-refractivity contribution in [1.82, 2.24) is 13.7 Å². The molecule has 0 spiro atoms. The smallest absolute Gasteiger partial charge is 0.0782 e. The van der Waals surface area contributed by atoms with E-state index in [1.165, 1.54) is 0 Å². The minimum Gasteiger partial charge on any atom is -0.308 e. The highest BCUT2D eigenvalue weighted by molar-refractivity contribution is 6.19. The van der Waals surface area contributed by atoms with Crippen LogP contribution in [0.4, 0.5) is 0 Å². The number of benzene rings is 9. The Morgan fingerprint density at radius 2 is 0.684 bits per heavy atom. The van der Waals surface area contributed by atoms with E-state index in [0.717, 1.165) is 0 Å². The fourth-order valence-electron chi connectivity index (χ4n) is 7.27. The second kappa shape index (κ2) is 12.5. The van der Waals surface area contributed by atoms with Gasteiger partial charge in [0.1, 0.15) is 0 Å². The van der Waals surface area contributed by atoms with Crippen LogP contribution >= 0.6 is 0 Å². The average Bonchev–Trinajstić information content (AvgIpc) is 1.50. The lowest BCUT2D eigenvalue weighted by Crippen LogP contribution is -2.02. The van der Waals surface area contributed by atoms with Gasteiger partial charge in [0.2, 0.25) is 0 Å². The third kappa shape index (κ3) is 4.60. The van der Waals surface area contributed by atoms with Gasteiger partial charge in [-0.3, -0.25) is 0 Å². The molecule has 0 N–H and O–H groups in total. The molecule has 0 saturated carbocycles. The van der Waals surface area contributed by atoms with Gasteiger partial charge in [-0.1, -0.05) is 169 Å². The predicted octanol–water partition coefficient (Wildman–Crippen LogP) is 14.3. The van der Waals surface area contributed by atoms with E-state index in [9.17, 15) is 30.2 Å². The van der Waals surface area contributed by atoms with E-state index in [4.69, 9.17) is 17.8 Å². The molecular formula is C54H35N3. The van der Waals surface area contributed by atoms with E-state index in [0.29, 0.717) is 13.7 Å². The first-order chi connectivity index (χ1) is 42.9. The highest BCUT2D eigenvalue weighted by Crippen LogP contribution is 2.45. The summed E-state index contributed by atoms with van der Waals surface area (Å²) >= 11 is 0. The van der Waals surface area contributed by atoms with Crippen molar-refractivity contribution < 1.29 is 48.0 Å². The Morgan fingerprint density at radius 1 is 0.281 bits per heavy atom. The van der Waals surface area contributed by atoms with E-state index in [-0.39, 0.29) is 0 Å². The molecule has 0 saturated heterocycles. The molecule has 9 aromatic carbocycles. The Bertz CT molecular complexity index is 5350. The van der Waals surface area contributed by atoms with E-state index in [1.54, 1.807) is 0 Å². The largest absolute Gasteiger partial charge is 0.308 e. The fraction of sp³-hybridized carbons (Fsp3) is 0. The second-order valence-corrected chi connectivity index (χ2v) is 12.3. The number of rotatable bonds is 5. The highest BCUT2D eigenvalue weighted by atomic mass is 15.1. The van der Waals surface area contributed by atoms with Crippen LogP contribution in [0.3, 0.4) is 0 Å². The summed E-state index contributed by atoms with van der Waals surface area (Å²) in [6.07, 6.45) is 0. The van der Waals surface area contributed by atoms with Crippen molar-refractivity contribution in [1.29, 1.82) is 0 Å². The second-order valence-electron chi connectivity index (χ2n) is 12.3. The summed E-state index contributed by atoms with van der Waals surface area (Å²) in [6, 6.07) is -38.2. The maximum Gasteiger partial charge on any atom is 0.0782 e. The normalized spacial score (nSPS) is 20.5. The topological polar surface area (TPSA) is 14.8 Å². The van der Waals surface area contributed by atoms with Crippen LogP contribution in [0, 0.1) is 0 Å². The molecular weight excluding hydrogens is 691 g/mol. The lowest BCUT2D eigenvalue weighted by molar-refractivity contribution is 1.14. The number of hydrogen-bond acceptors (Lipinski definition) is 0. The van der Waals surface area contributed by atoms with Gasteiger partial charge in [-0.15, -0.1) is 0 Å². The van der Waals surface area contributed by atoms with E-state index in [2.05, 4.69) is 0 Å². The molecule has 0 aliphatic heterocycles. The van der Waals surface area contributed by atoms with Crippen LogP contribution in [0.25, 0.3) is 105 Å². The van der Waals surface area contributed by atoms with Gasteiger partial charge in [-0.2, -0.15) is 0 Å². The van der Waals surface area contributed by atoms with Crippen molar-refractivity contribution in [3.63, 3.8) is 0 Å². The lowest BCUT2D eigenvalue weighted by atomic mass is 9.95. The molecule has 0 bridgehead atoms. The van der Waals surface area contributed by atoms with Gasteiger partial charge in [0.15, 0.2) is 0 Å². The molecule has 0 radical (unpaired) electrons. The zero-order valence-corrected chi connectivity index (χ0v) is 28.3. The van der Waals surface area contributed by atoms with Crippen LogP contribution in [0.15, 0.2) is 211 Å². The first-order valence-corrected chi connectivity index (χ1v) is 16.8. The minimum absolute atomic E-state index is 0.574. The van der Waals surface area contributed by atoms with Gasteiger partial charge in [0, 0.05) is 43.4 Å². The number of aromatic nitrogens is 3. The summed E-state index contributed by atoms with van der Waals surface area (Å²) in [6.45, 7) is 0. The third-order valence-electron chi connectivity index (χ3n) is 9.45. The van der Waals surface area contributed by atoms with Crippen molar-refractivity contribution in [3.05, 3.63) is 211 Å². The average molecular weight is 761 g/mol. The molecule has 12 rings (SSSR count). The van der Waals surface area contributed by atoms with Crippen molar-refractivity contribution in [3.8, 4) is 39.3 Å². The van der Waals surface area contributed by atoms with Crippen LogP contribution in [-0.2, 0) is 0 Å². The molecule has 0 fully saturated rings. The molecule has 0 aliphatic rings. The van der Waals surface area contributed by atoms with Crippen LogP contribution in [0.2, 0.25) is 0 Å². The molecule has 0 unspecified atom stereocenters. The maximum absolute atomic E-state index is 10.1. The van der Waals surface area contributed by atoms with E-state index in [1.807, 2.05) is 0 Å². The van der Waals surface area contributed by atoms with Crippen molar-refractivity contribution in [2.45, 2.75) is 0 Å². The highest BCUT2D eigenvalue weighted by Gasteiger charge is 2.25. The van der Waals surface area contributed by atoms with Crippen LogP contribution < -0.4 is 0 Å². The maximum atomic E-state index is 10.1. The summed E-state index contributed by atoms with van der Waals surface area (Å²) < 4.78 is 326. The summed E-state index contributed by atoms with van der Waals surface area (Å²) in [5.74, 6) is 0. The number of fused-ring (bicyclic) bond motifs is 9. The molecule has 3 aromatic heterocycles. The number of nitrogens with zero attached hydrogens (tertiary/aromatic N) is 3. The Kier molecular flexibility index (Phi) is 2.78. The van der Waals surface area contributed by atoms with Crippen molar-refractivity contribution in [2.75, 3.05) is 0 Å². The Labute approximate surface area is 378 Å². The van der Waals surface area contributed by atoms with Crippen molar-refractivity contribution in [2.24, 2.45) is 0 Å².